The third-order valence-electron chi connectivity index (χ3n) is 3.97. The number of carbonyl (C=O) groups excluding carboxylic acids is 1. The Hall–Kier alpha value is -2.38. The van der Waals surface area contributed by atoms with Gasteiger partial charge >= 0.3 is 0 Å². The molecule has 0 saturated carbocycles. The number of methoxy groups -OCH3 is 1. The number of nitrogens with zero attached hydrogens (tertiary/aromatic N) is 2. The molecule has 1 fully saturated rings. The van der Waals surface area contributed by atoms with Crippen molar-refractivity contribution in [1.82, 2.24) is 10.1 Å². The van der Waals surface area contributed by atoms with Gasteiger partial charge in [0.05, 0.1) is 19.8 Å². The molecule has 7 heteroatoms. The minimum atomic E-state index is -0.744. The molecule has 128 valence electrons. The smallest absolute Gasteiger partial charge is 0.276 e. The summed E-state index contributed by atoms with van der Waals surface area (Å²) in [7, 11) is 1.60. The predicted octanol–water partition coefficient (Wildman–Crippen LogP) is 1.61. The molecule has 0 aliphatic carbocycles. The van der Waals surface area contributed by atoms with Gasteiger partial charge in [0.1, 0.15) is 24.2 Å². The molecule has 3 rings (SSSR count). The highest BCUT2D eigenvalue weighted by molar-refractivity contribution is 5.92. The molecule has 1 aromatic heterocycles. The summed E-state index contributed by atoms with van der Waals surface area (Å²) in [5.74, 6) is 0.530. The van der Waals surface area contributed by atoms with Gasteiger partial charge in [0.2, 0.25) is 0 Å². The van der Waals surface area contributed by atoms with Crippen molar-refractivity contribution in [3.05, 3.63) is 48.4 Å². The largest absolute Gasteiger partial charge is 0.490 e. The van der Waals surface area contributed by atoms with E-state index >= 15 is 0 Å². The highest BCUT2D eigenvalue weighted by atomic mass is 16.6. The molecule has 2 heterocycles. The third-order valence-corrected chi connectivity index (χ3v) is 3.97. The van der Waals surface area contributed by atoms with E-state index in [1.54, 1.807) is 18.1 Å². The van der Waals surface area contributed by atoms with Gasteiger partial charge < -0.3 is 23.6 Å². The molecular formula is C17H20N2O5. The van der Waals surface area contributed by atoms with Gasteiger partial charge in [-0.1, -0.05) is 23.4 Å². The van der Waals surface area contributed by atoms with Crippen LogP contribution in [0, 0.1) is 0 Å². The normalized spacial score (nSPS) is 21.3. The second-order valence-electron chi connectivity index (χ2n) is 5.65. The van der Waals surface area contributed by atoms with E-state index in [4.69, 9.17) is 18.7 Å². The van der Waals surface area contributed by atoms with Gasteiger partial charge in [0, 0.05) is 19.7 Å². The zero-order valence-electron chi connectivity index (χ0n) is 13.5. The van der Waals surface area contributed by atoms with Gasteiger partial charge in [-0.05, 0) is 12.1 Å². The molecule has 0 radical (unpaired) electrons. The summed E-state index contributed by atoms with van der Waals surface area (Å²) in [5.41, 5.74) is -0.475. The Bertz CT molecular complexity index is 646. The number of hydrogen-bond acceptors (Lipinski definition) is 6. The summed E-state index contributed by atoms with van der Waals surface area (Å²) >= 11 is 0. The average Bonchev–Trinajstić information content (AvgIpc) is 3.08. The Morgan fingerprint density at radius 3 is 2.88 bits per heavy atom. The van der Waals surface area contributed by atoms with E-state index in [2.05, 4.69) is 5.16 Å². The SMILES string of the molecule is CO[C@@]1(COc2ccccc2)COCCN(C(=O)c2ccon2)C1. The Balaban J connectivity index is 1.72. The minimum Gasteiger partial charge on any atom is -0.490 e. The summed E-state index contributed by atoms with van der Waals surface area (Å²) in [6.07, 6.45) is 1.38. The first-order valence-corrected chi connectivity index (χ1v) is 7.73. The highest BCUT2D eigenvalue weighted by Gasteiger charge is 2.38. The van der Waals surface area contributed by atoms with Crippen molar-refractivity contribution < 1.29 is 23.5 Å². The predicted molar refractivity (Wildman–Crippen MR) is 84.9 cm³/mol. The van der Waals surface area contributed by atoms with Crippen molar-refractivity contribution in [2.45, 2.75) is 5.60 Å². The molecule has 1 saturated heterocycles. The average molecular weight is 332 g/mol. The number of amides is 1. The number of aromatic nitrogens is 1. The molecule has 0 unspecified atom stereocenters. The van der Waals surface area contributed by atoms with Gasteiger partial charge in [-0.25, -0.2) is 0 Å². The van der Waals surface area contributed by atoms with Crippen molar-refractivity contribution in [2.75, 3.05) is 40.0 Å². The fraction of sp³-hybridized carbons (Fsp3) is 0.412. The Labute approximate surface area is 140 Å². The summed E-state index contributed by atoms with van der Waals surface area (Å²) in [5, 5.41) is 3.71. The Kier molecular flexibility index (Phi) is 5.12. The van der Waals surface area contributed by atoms with Crippen molar-refractivity contribution in [3.63, 3.8) is 0 Å². The lowest BCUT2D eigenvalue weighted by molar-refractivity contribution is -0.0899. The maximum atomic E-state index is 12.5. The van der Waals surface area contributed by atoms with E-state index in [-0.39, 0.29) is 18.2 Å². The molecule has 1 aliphatic heterocycles. The number of carbonyl (C=O) groups is 1. The lowest BCUT2D eigenvalue weighted by atomic mass is 10.1. The third kappa shape index (κ3) is 3.74. The van der Waals surface area contributed by atoms with Crippen LogP contribution in [0.1, 0.15) is 10.5 Å². The number of hydrogen-bond donors (Lipinski definition) is 0. The summed E-state index contributed by atoms with van der Waals surface area (Å²) < 4.78 is 21.9. The van der Waals surface area contributed by atoms with Crippen molar-refractivity contribution in [1.29, 1.82) is 0 Å². The van der Waals surface area contributed by atoms with Crippen molar-refractivity contribution in [3.8, 4) is 5.75 Å². The number of para-hydroxylation sites is 1. The molecule has 0 bridgehead atoms. The molecule has 7 nitrogen and oxygen atoms in total. The Morgan fingerprint density at radius 1 is 1.33 bits per heavy atom. The van der Waals surface area contributed by atoms with E-state index in [1.807, 2.05) is 30.3 Å². The van der Waals surface area contributed by atoms with E-state index in [0.717, 1.165) is 5.75 Å². The van der Waals surface area contributed by atoms with Gasteiger partial charge in [0.15, 0.2) is 5.69 Å². The quantitative estimate of drug-likeness (QED) is 0.828. The van der Waals surface area contributed by atoms with Crippen molar-refractivity contribution >= 4 is 5.91 Å². The molecular weight excluding hydrogens is 312 g/mol. The van der Waals surface area contributed by atoms with Gasteiger partial charge in [0.25, 0.3) is 5.91 Å². The first-order valence-electron chi connectivity index (χ1n) is 7.73. The maximum absolute atomic E-state index is 12.5. The molecule has 24 heavy (non-hydrogen) atoms. The zero-order chi connectivity index (χ0) is 16.8. The molecule has 1 atom stereocenters. The van der Waals surface area contributed by atoms with Gasteiger partial charge in [-0.2, -0.15) is 0 Å². The zero-order valence-corrected chi connectivity index (χ0v) is 13.5. The number of ether oxygens (including phenoxy) is 3. The van der Waals surface area contributed by atoms with Crippen LogP contribution in [0.2, 0.25) is 0 Å². The topological polar surface area (TPSA) is 74.0 Å². The van der Waals surface area contributed by atoms with Crippen LogP contribution in [0.25, 0.3) is 0 Å². The van der Waals surface area contributed by atoms with Crippen molar-refractivity contribution in [2.24, 2.45) is 0 Å². The molecule has 0 spiro atoms. The first-order chi connectivity index (χ1) is 11.7. The van der Waals surface area contributed by atoms with E-state index in [1.165, 1.54) is 6.26 Å². The molecule has 1 amide bonds. The summed E-state index contributed by atoms with van der Waals surface area (Å²) in [6.45, 7) is 1.86. The summed E-state index contributed by atoms with van der Waals surface area (Å²) in [4.78, 5) is 14.2. The minimum absolute atomic E-state index is 0.213. The maximum Gasteiger partial charge on any atom is 0.276 e. The fourth-order valence-electron chi connectivity index (χ4n) is 2.56. The Morgan fingerprint density at radius 2 is 2.17 bits per heavy atom. The molecule has 2 aromatic rings. The van der Waals surface area contributed by atoms with Crippen LogP contribution in [0.15, 0.2) is 47.2 Å². The first kappa shape index (κ1) is 16.5. The highest BCUT2D eigenvalue weighted by Crippen LogP contribution is 2.20. The van der Waals surface area contributed by atoms with Crippen LogP contribution in [0.4, 0.5) is 0 Å². The van der Waals surface area contributed by atoms with E-state index < -0.39 is 5.60 Å². The second-order valence-corrected chi connectivity index (χ2v) is 5.65. The lowest BCUT2D eigenvalue weighted by Crippen LogP contribution is -2.51. The molecule has 0 N–H and O–H groups in total. The molecule has 1 aliphatic rings. The fourth-order valence-corrected chi connectivity index (χ4v) is 2.56. The summed E-state index contributed by atoms with van der Waals surface area (Å²) in [6, 6.07) is 11.0. The number of benzene rings is 1. The van der Waals surface area contributed by atoms with E-state index in [9.17, 15) is 4.79 Å². The van der Waals surface area contributed by atoms with Crippen LogP contribution in [-0.2, 0) is 9.47 Å². The van der Waals surface area contributed by atoms with Crippen LogP contribution in [-0.4, -0.2) is 61.6 Å². The van der Waals surface area contributed by atoms with Gasteiger partial charge in [-0.15, -0.1) is 0 Å². The standard InChI is InChI=1S/C17H20N2O5/c1-21-17(13-23-14-5-3-2-4-6-14)11-19(8-10-22-12-17)16(20)15-7-9-24-18-15/h2-7,9H,8,10-13H2,1H3/t17-/m1/s1. The number of rotatable bonds is 5. The monoisotopic (exact) mass is 332 g/mol. The molecule has 1 aromatic carbocycles. The van der Waals surface area contributed by atoms with Crippen LogP contribution in [0.5, 0.6) is 5.75 Å². The second kappa shape index (κ2) is 7.46. The van der Waals surface area contributed by atoms with Crippen LogP contribution >= 0.6 is 0 Å². The lowest BCUT2D eigenvalue weighted by Gasteiger charge is -2.33. The van der Waals surface area contributed by atoms with Gasteiger partial charge in [-0.3, -0.25) is 4.79 Å². The van der Waals surface area contributed by atoms with Crippen LogP contribution < -0.4 is 4.74 Å². The van der Waals surface area contributed by atoms with E-state index in [0.29, 0.717) is 26.3 Å². The van der Waals surface area contributed by atoms with Crippen LogP contribution in [0.3, 0.4) is 0 Å².